The van der Waals surface area contributed by atoms with Gasteiger partial charge in [0.05, 0.1) is 12.2 Å². The van der Waals surface area contributed by atoms with Crippen molar-refractivity contribution in [1.29, 1.82) is 0 Å². The third-order valence-corrected chi connectivity index (χ3v) is 5.85. The summed E-state index contributed by atoms with van der Waals surface area (Å²) < 4.78 is 43.5. The first-order valence-electron chi connectivity index (χ1n) is 10.1. The fourth-order valence-corrected chi connectivity index (χ4v) is 4.06. The number of anilines is 1. The molecule has 1 fully saturated rings. The van der Waals surface area contributed by atoms with Gasteiger partial charge in [-0.2, -0.15) is 18.3 Å². The maximum absolute atomic E-state index is 13.0. The quantitative estimate of drug-likeness (QED) is 0.545. The molecule has 1 saturated heterocycles. The van der Waals surface area contributed by atoms with Crippen molar-refractivity contribution in [3.8, 4) is 11.4 Å². The van der Waals surface area contributed by atoms with Gasteiger partial charge in [0.25, 0.3) is 0 Å². The Hall–Kier alpha value is -2.72. The van der Waals surface area contributed by atoms with E-state index < -0.39 is 11.7 Å². The Kier molecular flexibility index (Phi) is 6.10. The lowest BCUT2D eigenvalue weighted by Gasteiger charge is -2.36. The van der Waals surface area contributed by atoms with Crippen molar-refractivity contribution in [3.63, 3.8) is 0 Å². The molecule has 0 saturated carbocycles. The van der Waals surface area contributed by atoms with Gasteiger partial charge in [-0.05, 0) is 49.5 Å². The molecule has 0 bridgehead atoms. The molecule has 10 heteroatoms. The van der Waals surface area contributed by atoms with Crippen LogP contribution in [-0.4, -0.2) is 50.4 Å². The minimum atomic E-state index is -4.33. The van der Waals surface area contributed by atoms with Crippen LogP contribution in [0.15, 0.2) is 48.8 Å². The Morgan fingerprint density at radius 2 is 1.74 bits per heavy atom. The van der Waals surface area contributed by atoms with Crippen LogP contribution < -0.4 is 4.90 Å². The first-order chi connectivity index (χ1) is 14.9. The first kappa shape index (κ1) is 21.5. The van der Waals surface area contributed by atoms with Crippen LogP contribution in [0.3, 0.4) is 0 Å². The fourth-order valence-electron chi connectivity index (χ4n) is 3.75. The van der Waals surface area contributed by atoms with E-state index in [-0.39, 0.29) is 0 Å². The summed E-state index contributed by atoms with van der Waals surface area (Å²) in [6.07, 6.45) is -0.881. The third-order valence-electron chi connectivity index (χ3n) is 5.42. The number of alkyl halides is 3. The molecule has 1 aliphatic rings. The van der Waals surface area contributed by atoms with E-state index in [4.69, 9.17) is 17.3 Å². The molecule has 0 spiro atoms. The molecule has 4 rings (SSSR count). The smallest absolute Gasteiger partial charge is 0.369 e. The van der Waals surface area contributed by atoms with E-state index in [1.54, 1.807) is 18.5 Å². The summed E-state index contributed by atoms with van der Waals surface area (Å²) in [6.45, 7) is 5.98. The van der Waals surface area contributed by atoms with Crippen LogP contribution >= 0.6 is 12.2 Å². The normalized spacial score (nSPS) is 15.4. The van der Waals surface area contributed by atoms with Crippen molar-refractivity contribution in [3.05, 3.63) is 59.1 Å². The van der Waals surface area contributed by atoms with Gasteiger partial charge in [-0.1, -0.05) is 6.07 Å². The summed E-state index contributed by atoms with van der Waals surface area (Å²) in [4.78, 5) is 8.25. The number of benzene rings is 1. The molecule has 0 N–H and O–H groups in total. The van der Waals surface area contributed by atoms with Crippen molar-refractivity contribution in [2.45, 2.75) is 26.3 Å². The second-order valence-electron chi connectivity index (χ2n) is 7.38. The van der Waals surface area contributed by atoms with E-state index in [2.05, 4.69) is 9.88 Å². The van der Waals surface area contributed by atoms with Crippen LogP contribution in [0.4, 0.5) is 18.9 Å². The Bertz CT molecular complexity index is 1080. The highest BCUT2D eigenvalue weighted by Crippen LogP contribution is 2.32. The zero-order valence-corrected chi connectivity index (χ0v) is 17.9. The van der Waals surface area contributed by atoms with E-state index in [0.29, 0.717) is 49.9 Å². The predicted octanol–water partition coefficient (Wildman–Crippen LogP) is 4.29. The second kappa shape index (κ2) is 8.80. The molecule has 3 aromatic rings. The van der Waals surface area contributed by atoms with Crippen LogP contribution in [0.2, 0.25) is 0 Å². The monoisotopic (exact) mass is 448 g/mol. The highest BCUT2D eigenvalue weighted by atomic mass is 32.1. The highest BCUT2D eigenvalue weighted by molar-refractivity contribution is 7.71. The molecule has 1 aliphatic heterocycles. The molecule has 164 valence electrons. The summed E-state index contributed by atoms with van der Waals surface area (Å²) in [5.41, 5.74) is 0.935. The number of piperazine rings is 1. The maximum atomic E-state index is 13.0. The molecule has 6 nitrogen and oxygen atoms in total. The van der Waals surface area contributed by atoms with Crippen LogP contribution in [-0.2, 0) is 19.4 Å². The molecule has 31 heavy (non-hydrogen) atoms. The van der Waals surface area contributed by atoms with Gasteiger partial charge in [0.1, 0.15) is 0 Å². The molecule has 0 aliphatic carbocycles. The number of aromatic nitrogens is 4. The van der Waals surface area contributed by atoms with Crippen LogP contribution in [0.1, 0.15) is 12.5 Å². The number of rotatable bonds is 5. The topological polar surface area (TPSA) is 42.1 Å². The van der Waals surface area contributed by atoms with Gasteiger partial charge in [-0.3, -0.25) is 9.88 Å². The number of pyridine rings is 1. The average molecular weight is 449 g/mol. The lowest BCUT2D eigenvalue weighted by Crippen LogP contribution is -2.47. The van der Waals surface area contributed by atoms with Crippen molar-refractivity contribution in [1.82, 2.24) is 24.2 Å². The minimum absolute atomic E-state index is 0.542. The van der Waals surface area contributed by atoms with Crippen LogP contribution in [0, 0.1) is 4.77 Å². The van der Waals surface area contributed by atoms with Crippen LogP contribution in [0.5, 0.6) is 0 Å². The Morgan fingerprint density at radius 1 is 1.03 bits per heavy atom. The van der Waals surface area contributed by atoms with Crippen molar-refractivity contribution >= 4 is 17.9 Å². The van der Waals surface area contributed by atoms with Crippen LogP contribution in [0.25, 0.3) is 11.4 Å². The lowest BCUT2D eigenvalue weighted by molar-refractivity contribution is -0.137. The van der Waals surface area contributed by atoms with Gasteiger partial charge in [-0.15, -0.1) is 0 Å². The van der Waals surface area contributed by atoms with E-state index in [1.807, 2.05) is 33.2 Å². The van der Waals surface area contributed by atoms with Gasteiger partial charge >= 0.3 is 6.18 Å². The van der Waals surface area contributed by atoms with E-state index in [9.17, 15) is 13.2 Å². The minimum Gasteiger partial charge on any atom is -0.369 e. The fraction of sp³-hybridized carbons (Fsp3) is 0.381. The number of halogens is 3. The molecule has 0 atom stereocenters. The van der Waals surface area contributed by atoms with E-state index in [0.717, 1.165) is 17.5 Å². The molecule has 0 unspecified atom stereocenters. The van der Waals surface area contributed by atoms with Gasteiger partial charge < -0.3 is 9.47 Å². The summed E-state index contributed by atoms with van der Waals surface area (Å²) in [7, 11) is 0. The molecule has 3 heterocycles. The Labute approximate surface area is 183 Å². The lowest BCUT2D eigenvalue weighted by atomic mass is 10.1. The Morgan fingerprint density at radius 3 is 2.39 bits per heavy atom. The molecule has 0 amide bonds. The third kappa shape index (κ3) is 4.64. The van der Waals surface area contributed by atoms with Gasteiger partial charge in [0.15, 0.2) is 10.6 Å². The number of hydrogen-bond donors (Lipinski definition) is 0. The van der Waals surface area contributed by atoms with Crippen molar-refractivity contribution in [2.24, 2.45) is 0 Å². The predicted molar refractivity (Wildman–Crippen MR) is 115 cm³/mol. The van der Waals surface area contributed by atoms with E-state index >= 15 is 0 Å². The molecular formula is C21H23F3N6S. The Balaban J connectivity index is 1.45. The first-order valence-corrected chi connectivity index (χ1v) is 10.5. The largest absolute Gasteiger partial charge is 0.416 e. The maximum Gasteiger partial charge on any atom is 0.416 e. The van der Waals surface area contributed by atoms with Gasteiger partial charge in [0, 0.05) is 56.4 Å². The zero-order chi connectivity index (χ0) is 22.0. The summed E-state index contributed by atoms with van der Waals surface area (Å²) in [5.74, 6) is 0.803. The zero-order valence-electron chi connectivity index (χ0n) is 17.1. The van der Waals surface area contributed by atoms with Gasteiger partial charge in [-0.25, -0.2) is 4.68 Å². The SMILES string of the molecule is CCn1c(-c2ccncc2)nn(CN2CCN(c3cccc(C(F)(F)F)c3)CC2)c1=S. The van der Waals surface area contributed by atoms with E-state index in [1.165, 1.54) is 12.1 Å². The molecule has 2 aromatic heterocycles. The second-order valence-corrected chi connectivity index (χ2v) is 7.75. The molecule has 1 aromatic carbocycles. The summed E-state index contributed by atoms with van der Waals surface area (Å²) >= 11 is 5.63. The molecular weight excluding hydrogens is 425 g/mol. The average Bonchev–Trinajstić information content (AvgIpc) is 3.09. The van der Waals surface area contributed by atoms with Gasteiger partial charge in [0.2, 0.25) is 0 Å². The molecule has 0 radical (unpaired) electrons. The van der Waals surface area contributed by atoms with Crippen molar-refractivity contribution in [2.75, 3.05) is 31.1 Å². The highest BCUT2D eigenvalue weighted by Gasteiger charge is 2.31. The summed E-state index contributed by atoms with van der Waals surface area (Å²) in [5, 5.41) is 4.73. The van der Waals surface area contributed by atoms with Crippen molar-refractivity contribution < 1.29 is 13.2 Å². The summed E-state index contributed by atoms with van der Waals surface area (Å²) in [6, 6.07) is 9.32. The number of hydrogen-bond acceptors (Lipinski definition) is 5. The standard InChI is InChI=1S/C21H23F3N6S/c1-2-29-19(16-6-8-25-9-7-16)26-30(20(29)31)15-27-10-12-28(13-11-27)18-5-3-4-17(14-18)21(22,23)24/h3-9,14H,2,10-13,15H2,1H3. The number of nitrogens with zero attached hydrogens (tertiary/aromatic N) is 6.